The van der Waals surface area contributed by atoms with Gasteiger partial charge in [-0.2, -0.15) is 0 Å². The number of benzene rings is 1. The monoisotopic (exact) mass is 246 g/mol. The molecule has 1 aromatic rings. The van der Waals surface area contributed by atoms with Crippen molar-refractivity contribution >= 4 is 5.97 Å². The molecule has 0 aliphatic heterocycles. The second kappa shape index (κ2) is 5.71. The van der Waals surface area contributed by atoms with Gasteiger partial charge in [-0.1, -0.05) is 24.3 Å². The number of esters is 1. The van der Waals surface area contributed by atoms with Crippen LogP contribution >= 0.6 is 0 Å². The van der Waals surface area contributed by atoms with Crippen molar-refractivity contribution in [3.63, 3.8) is 0 Å². The van der Waals surface area contributed by atoms with Crippen LogP contribution in [0.25, 0.3) is 0 Å². The number of carbonyl (C=O) groups excluding carboxylic acids is 1. The van der Waals surface area contributed by atoms with Crippen LogP contribution in [0.1, 0.15) is 31.2 Å². The van der Waals surface area contributed by atoms with E-state index in [9.17, 15) is 4.79 Å². The summed E-state index contributed by atoms with van der Waals surface area (Å²) in [5.74, 6) is 0.731. The molecule has 0 N–H and O–H groups in total. The van der Waals surface area contributed by atoms with E-state index in [2.05, 4.69) is 12.2 Å². The fourth-order valence-corrected chi connectivity index (χ4v) is 2.33. The molecule has 1 aliphatic rings. The summed E-state index contributed by atoms with van der Waals surface area (Å²) >= 11 is 0. The summed E-state index contributed by atoms with van der Waals surface area (Å²) < 4.78 is 10.6. The molecule has 0 radical (unpaired) electrons. The Hall–Kier alpha value is -1.77. The molecule has 0 bridgehead atoms. The Morgan fingerprint density at radius 1 is 1.39 bits per heavy atom. The second-order valence-electron chi connectivity index (χ2n) is 4.46. The Morgan fingerprint density at radius 2 is 2.22 bits per heavy atom. The van der Waals surface area contributed by atoms with Gasteiger partial charge in [-0.3, -0.25) is 4.79 Å². The SMILES string of the molecule is COc1cccc(C2C=CCCC2OC(C)=O)c1. The minimum Gasteiger partial charge on any atom is -0.497 e. The van der Waals surface area contributed by atoms with Crippen LogP contribution in [0.15, 0.2) is 36.4 Å². The molecule has 1 aliphatic carbocycles. The average molecular weight is 246 g/mol. The quantitative estimate of drug-likeness (QED) is 0.607. The van der Waals surface area contributed by atoms with Gasteiger partial charge >= 0.3 is 5.97 Å². The maximum absolute atomic E-state index is 11.1. The summed E-state index contributed by atoms with van der Waals surface area (Å²) in [7, 11) is 1.65. The van der Waals surface area contributed by atoms with Gasteiger partial charge in [0.05, 0.1) is 7.11 Å². The number of hydrogen-bond acceptors (Lipinski definition) is 3. The van der Waals surface area contributed by atoms with Gasteiger partial charge in [-0.15, -0.1) is 0 Å². The molecule has 0 heterocycles. The van der Waals surface area contributed by atoms with Gasteiger partial charge in [0.1, 0.15) is 11.9 Å². The molecule has 0 spiro atoms. The van der Waals surface area contributed by atoms with Crippen molar-refractivity contribution in [2.24, 2.45) is 0 Å². The summed E-state index contributed by atoms with van der Waals surface area (Å²) in [6.07, 6.45) is 6.02. The van der Waals surface area contributed by atoms with Crippen LogP contribution in [0.2, 0.25) is 0 Å². The predicted molar refractivity (Wildman–Crippen MR) is 69.7 cm³/mol. The Labute approximate surface area is 107 Å². The van der Waals surface area contributed by atoms with Crippen molar-refractivity contribution in [2.45, 2.75) is 31.8 Å². The van der Waals surface area contributed by atoms with Crippen molar-refractivity contribution < 1.29 is 14.3 Å². The molecule has 0 amide bonds. The standard InChI is InChI=1S/C15H18O3/c1-11(16)18-15-9-4-3-8-14(15)12-6-5-7-13(10-12)17-2/h3,5-8,10,14-15H,4,9H2,1-2H3. The minimum absolute atomic E-state index is 0.0698. The molecule has 3 nitrogen and oxygen atoms in total. The van der Waals surface area contributed by atoms with Crippen LogP contribution in [0.4, 0.5) is 0 Å². The Morgan fingerprint density at radius 3 is 2.94 bits per heavy atom. The van der Waals surface area contributed by atoms with Crippen LogP contribution in [0.3, 0.4) is 0 Å². The van der Waals surface area contributed by atoms with E-state index in [-0.39, 0.29) is 18.0 Å². The lowest BCUT2D eigenvalue weighted by atomic mass is 9.86. The van der Waals surface area contributed by atoms with Crippen LogP contribution < -0.4 is 4.74 Å². The highest BCUT2D eigenvalue weighted by atomic mass is 16.5. The molecular weight excluding hydrogens is 228 g/mol. The number of allylic oxidation sites excluding steroid dienone is 1. The molecule has 2 atom stereocenters. The average Bonchev–Trinajstić information content (AvgIpc) is 2.39. The molecule has 96 valence electrons. The summed E-state index contributed by atoms with van der Waals surface area (Å²) in [4.78, 5) is 11.1. The summed E-state index contributed by atoms with van der Waals surface area (Å²) in [5, 5.41) is 0. The Balaban J connectivity index is 2.24. The predicted octanol–water partition coefficient (Wildman–Crippen LogP) is 3.06. The lowest BCUT2D eigenvalue weighted by Gasteiger charge is -2.27. The van der Waals surface area contributed by atoms with Crippen LogP contribution in [-0.4, -0.2) is 19.2 Å². The van der Waals surface area contributed by atoms with Crippen molar-refractivity contribution in [3.05, 3.63) is 42.0 Å². The summed E-state index contributed by atoms with van der Waals surface area (Å²) in [6, 6.07) is 7.91. The normalized spacial score (nSPS) is 22.6. The van der Waals surface area contributed by atoms with Crippen molar-refractivity contribution in [1.82, 2.24) is 0 Å². The maximum Gasteiger partial charge on any atom is 0.302 e. The Bertz CT molecular complexity index is 451. The van der Waals surface area contributed by atoms with Crippen molar-refractivity contribution in [3.8, 4) is 5.75 Å². The zero-order valence-corrected chi connectivity index (χ0v) is 10.8. The number of ether oxygens (including phenoxy) is 2. The lowest BCUT2D eigenvalue weighted by molar-refractivity contribution is -0.147. The van der Waals surface area contributed by atoms with Gasteiger partial charge in [0, 0.05) is 12.8 Å². The maximum atomic E-state index is 11.1. The molecule has 0 fully saturated rings. The molecule has 0 saturated carbocycles. The van der Waals surface area contributed by atoms with E-state index in [0.29, 0.717) is 0 Å². The number of carbonyl (C=O) groups is 1. The van der Waals surface area contributed by atoms with Crippen LogP contribution in [-0.2, 0) is 9.53 Å². The minimum atomic E-state index is -0.219. The number of hydrogen-bond donors (Lipinski definition) is 0. The van der Waals surface area contributed by atoms with Crippen LogP contribution in [0, 0.1) is 0 Å². The van der Waals surface area contributed by atoms with Gasteiger partial charge in [-0.05, 0) is 30.5 Å². The number of rotatable bonds is 3. The van der Waals surface area contributed by atoms with Crippen LogP contribution in [0.5, 0.6) is 5.75 Å². The third-order valence-corrected chi connectivity index (χ3v) is 3.16. The highest BCUT2D eigenvalue weighted by Crippen LogP contribution is 2.32. The van der Waals surface area contributed by atoms with E-state index in [4.69, 9.17) is 9.47 Å². The molecule has 0 saturated heterocycles. The molecule has 18 heavy (non-hydrogen) atoms. The second-order valence-corrected chi connectivity index (χ2v) is 4.46. The summed E-state index contributed by atoms with van der Waals surface area (Å²) in [5.41, 5.74) is 1.12. The van der Waals surface area contributed by atoms with Gasteiger partial charge in [0.2, 0.25) is 0 Å². The number of methoxy groups -OCH3 is 1. The molecule has 2 unspecified atom stereocenters. The Kier molecular flexibility index (Phi) is 4.03. The highest BCUT2D eigenvalue weighted by Gasteiger charge is 2.25. The molecule has 1 aromatic carbocycles. The first kappa shape index (κ1) is 12.7. The van der Waals surface area contributed by atoms with Gasteiger partial charge in [0.25, 0.3) is 0 Å². The van der Waals surface area contributed by atoms with Gasteiger partial charge in [-0.25, -0.2) is 0 Å². The first-order chi connectivity index (χ1) is 8.70. The largest absolute Gasteiger partial charge is 0.497 e. The zero-order chi connectivity index (χ0) is 13.0. The highest BCUT2D eigenvalue weighted by molar-refractivity contribution is 5.66. The van der Waals surface area contributed by atoms with Gasteiger partial charge in [0.15, 0.2) is 0 Å². The third kappa shape index (κ3) is 2.92. The fraction of sp³-hybridized carbons (Fsp3) is 0.400. The van der Waals surface area contributed by atoms with E-state index >= 15 is 0 Å². The zero-order valence-electron chi connectivity index (χ0n) is 10.8. The third-order valence-electron chi connectivity index (χ3n) is 3.16. The van der Waals surface area contributed by atoms with E-state index in [1.807, 2.05) is 24.3 Å². The topological polar surface area (TPSA) is 35.5 Å². The smallest absolute Gasteiger partial charge is 0.302 e. The van der Waals surface area contributed by atoms with E-state index < -0.39 is 0 Å². The lowest BCUT2D eigenvalue weighted by Crippen LogP contribution is -2.25. The first-order valence-electron chi connectivity index (χ1n) is 6.18. The van der Waals surface area contributed by atoms with Crippen molar-refractivity contribution in [2.75, 3.05) is 7.11 Å². The summed E-state index contributed by atoms with van der Waals surface area (Å²) in [6.45, 7) is 1.46. The van der Waals surface area contributed by atoms with E-state index in [0.717, 1.165) is 24.2 Å². The molecule has 2 rings (SSSR count). The van der Waals surface area contributed by atoms with E-state index in [1.165, 1.54) is 6.92 Å². The van der Waals surface area contributed by atoms with Crippen molar-refractivity contribution in [1.29, 1.82) is 0 Å². The van der Waals surface area contributed by atoms with Gasteiger partial charge < -0.3 is 9.47 Å². The molecule has 3 heteroatoms. The molecule has 0 aromatic heterocycles. The first-order valence-corrected chi connectivity index (χ1v) is 6.18. The van der Waals surface area contributed by atoms with E-state index in [1.54, 1.807) is 7.11 Å². The fourth-order valence-electron chi connectivity index (χ4n) is 2.33. The molecular formula is C15H18O3.